The Labute approximate surface area is 186 Å². The van der Waals surface area contributed by atoms with E-state index in [0.717, 1.165) is 11.6 Å². The standard InChI is InChI=1S/C22H18ClF2N7/c1-3-17(31-22-19-21(28-9-27-19)29-10-30-22)15-7-16(23)18-8-26-11(2)32(18)20(15)12-4-13(24)6-14(25)5-12/h4-10,17H,3H2,1-2H3,(H2,27,28,29,30,31). The fourth-order valence-corrected chi connectivity index (χ4v) is 4.25. The van der Waals surface area contributed by atoms with Gasteiger partial charge in [-0.3, -0.25) is 4.40 Å². The third kappa shape index (κ3) is 3.34. The lowest BCUT2D eigenvalue weighted by Gasteiger charge is -2.23. The van der Waals surface area contributed by atoms with Crippen LogP contribution < -0.4 is 5.32 Å². The number of imidazole rings is 2. The molecule has 0 fully saturated rings. The minimum absolute atomic E-state index is 0.290. The van der Waals surface area contributed by atoms with Crippen molar-refractivity contribution in [1.29, 1.82) is 0 Å². The van der Waals surface area contributed by atoms with Crippen LogP contribution in [-0.2, 0) is 0 Å². The number of pyridine rings is 1. The van der Waals surface area contributed by atoms with Crippen LogP contribution in [0.15, 0.2) is 43.1 Å². The first-order valence-corrected chi connectivity index (χ1v) is 10.4. The predicted octanol–water partition coefficient (Wildman–Crippen LogP) is 5.47. The molecule has 5 rings (SSSR count). The van der Waals surface area contributed by atoms with Gasteiger partial charge >= 0.3 is 0 Å². The molecule has 7 nitrogen and oxygen atoms in total. The minimum Gasteiger partial charge on any atom is -0.361 e. The van der Waals surface area contributed by atoms with Crippen molar-refractivity contribution in [3.63, 3.8) is 0 Å². The lowest BCUT2D eigenvalue weighted by atomic mass is 9.97. The Kier molecular flexibility index (Phi) is 4.97. The van der Waals surface area contributed by atoms with Gasteiger partial charge in [0.05, 0.1) is 34.8 Å². The second-order valence-electron chi connectivity index (χ2n) is 7.41. The van der Waals surface area contributed by atoms with Gasteiger partial charge in [0.25, 0.3) is 0 Å². The molecule has 0 aliphatic heterocycles. The van der Waals surface area contributed by atoms with E-state index in [9.17, 15) is 8.78 Å². The van der Waals surface area contributed by atoms with Crippen LogP contribution in [0.5, 0.6) is 0 Å². The Bertz CT molecular complexity index is 1440. The summed E-state index contributed by atoms with van der Waals surface area (Å²) >= 11 is 6.60. The van der Waals surface area contributed by atoms with Crippen molar-refractivity contribution in [3.8, 4) is 11.3 Å². The van der Waals surface area contributed by atoms with Crippen LogP contribution >= 0.6 is 11.6 Å². The van der Waals surface area contributed by atoms with Crippen LogP contribution in [-0.4, -0.2) is 29.3 Å². The molecule has 10 heteroatoms. The smallest absolute Gasteiger partial charge is 0.182 e. The summed E-state index contributed by atoms with van der Waals surface area (Å²) in [5.74, 6) is -0.115. The number of H-pyrrole nitrogens is 1. The monoisotopic (exact) mass is 453 g/mol. The number of anilines is 1. The number of rotatable bonds is 5. The SMILES string of the molecule is CCC(Nc1ncnc2nc[nH]c12)c1cc(Cl)c2cnc(C)n2c1-c1cc(F)cc(F)c1. The van der Waals surface area contributed by atoms with E-state index >= 15 is 0 Å². The maximum Gasteiger partial charge on any atom is 0.182 e. The van der Waals surface area contributed by atoms with Crippen molar-refractivity contribution in [2.24, 2.45) is 0 Å². The maximum absolute atomic E-state index is 14.2. The van der Waals surface area contributed by atoms with Crippen LogP contribution in [0.4, 0.5) is 14.6 Å². The van der Waals surface area contributed by atoms with E-state index in [1.165, 1.54) is 18.5 Å². The number of halogens is 3. The van der Waals surface area contributed by atoms with E-state index in [2.05, 4.69) is 30.2 Å². The molecule has 0 aliphatic rings. The highest BCUT2D eigenvalue weighted by molar-refractivity contribution is 6.34. The Hall–Kier alpha value is -3.59. The van der Waals surface area contributed by atoms with Crippen molar-refractivity contribution < 1.29 is 8.78 Å². The summed E-state index contributed by atoms with van der Waals surface area (Å²) in [6.45, 7) is 3.82. The number of hydrogen-bond donors (Lipinski definition) is 2. The Morgan fingerprint density at radius 1 is 1.09 bits per heavy atom. The van der Waals surface area contributed by atoms with Crippen molar-refractivity contribution in [1.82, 2.24) is 29.3 Å². The molecule has 162 valence electrons. The lowest BCUT2D eigenvalue weighted by molar-refractivity contribution is 0.584. The summed E-state index contributed by atoms with van der Waals surface area (Å²) in [6, 6.07) is 4.98. The number of nitrogens with one attached hydrogen (secondary N) is 2. The van der Waals surface area contributed by atoms with Gasteiger partial charge < -0.3 is 10.3 Å². The highest BCUT2D eigenvalue weighted by atomic mass is 35.5. The summed E-state index contributed by atoms with van der Waals surface area (Å²) in [4.78, 5) is 20.1. The van der Waals surface area contributed by atoms with Gasteiger partial charge in [-0.1, -0.05) is 18.5 Å². The Balaban J connectivity index is 1.75. The molecule has 4 heterocycles. The van der Waals surface area contributed by atoms with Crippen LogP contribution in [0.3, 0.4) is 0 Å². The number of benzene rings is 1. The summed E-state index contributed by atoms with van der Waals surface area (Å²) in [5, 5.41) is 3.90. The number of fused-ring (bicyclic) bond motifs is 2. The van der Waals surface area contributed by atoms with Crippen LogP contribution in [0.1, 0.15) is 30.8 Å². The van der Waals surface area contributed by atoms with Gasteiger partial charge in [-0.05, 0) is 31.5 Å². The van der Waals surface area contributed by atoms with E-state index in [4.69, 9.17) is 11.6 Å². The van der Waals surface area contributed by atoms with Gasteiger partial charge in [-0.15, -0.1) is 0 Å². The molecule has 0 saturated heterocycles. The quantitative estimate of drug-likeness (QED) is 0.368. The topological polar surface area (TPSA) is 83.8 Å². The van der Waals surface area contributed by atoms with Crippen LogP contribution in [0.25, 0.3) is 27.9 Å². The molecule has 4 aromatic heterocycles. The minimum atomic E-state index is -0.664. The van der Waals surface area contributed by atoms with Gasteiger partial charge in [0.2, 0.25) is 0 Å². The highest BCUT2D eigenvalue weighted by Crippen LogP contribution is 2.37. The molecular weight excluding hydrogens is 436 g/mol. The molecule has 0 spiro atoms. The van der Waals surface area contributed by atoms with E-state index < -0.39 is 11.6 Å². The molecule has 1 aromatic carbocycles. The predicted molar refractivity (Wildman–Crippen MR) is 119 cm³/mol. The second kappa shape index (κ2) is 7.83. The summed E-state index contributed by atoms with van der Waals surface area (Å²) in [7, 11) is 0. The average molecular weight is 454 g/mol. The molecule has 0 amide bonds. The first-order chi connectivity index (χ1) is 15.5. The van der Waals surface area contributed by atoms with Crippen LogP contribution in [0, 0.1) is 18.6 Å². The number of nitrogens with zero attached hydrogens (tertiary/aromatic N) is 5. The van der Waals surface area contributed by atoms with Gasteiger partial charge in [-0.2, -0.15) is 0 Å². The molecule has 1 atom stereocenters. The van der Waals surface area contributed by atoms with Crippen LogP contribution in [0.2, 0.25) is 5.02 Å². The summed E-state index contributed by atoms with van der Waals surface area (Å²) in [6.07, 6.45) is 5.26. The zero-order valence-electron chi connectivity index (χ0n) is 17.2. The third-order valence-corrected chi connectivity index (χ3v) is 5.72. The van der Waals surface area contributed by atoms with Gasteiger partial charge in [-0.25, -0.2) is 28.7 Å². The highest BCUT2D eigenvalue weighted by Gasteiger charge is 2.23. The number of hydrogen-bond acceptors (Lipinski definition) is 5. The Morgan fingerprint density at radius 2 is 1.88 bits per heavy atom. The molecule has 5 aromatic rings. The molecular formula is C22H18ClF2N7. The number of aryl methyl sites for hydroxylation is 1. The van der Waals surface area contributed by atoms with E-state index in [1.54, 1.807) is 12.5 Å². The summed E-state index contributed by atoms with van der Waals surface area (Å²) < 4.78 is 30.2. The molecule has 32 heavy (non-hydrogen) atoms. The average Bonchev–Trinajstić information content (AvgIpc) is 3.39. The van der Waals surface area contributed by atoms with Gasteiger partial charge in [0.15, 0.2) is 11.5 Å². The first-order valence-electron chi connectivity index (χ1n) is 9.99. The third-order valence-electron chi connectivity index (χ3n) is 5.42. The van der Waals surface area contributed by atoms with E-state index in [0.29, 0.717) is 51.0 Å². The normalized spacial score (nSPS) is 12.5. The number of aromatic amines is 1. The fourth-order valence-electron chi connectivity index (χ4n) is 3.99. The fraction of sp³-hybridized carbons (Fsp3) is 0.182. The molecule has 1 unspecified atom stereocenters. The molecule has 0 bridgehead atoms. The largest absolute Gasteiger partial charge is 0.361 e. The zero-order chi connectivity index (χ0) is 22.4. The first kappa shape index (κ1) is 20.3. The van der Waals surface area contributed by atoms with Crippen molar-refractivity contribution >= 4 is 34.1 Å². The molecule has 0 aliphatic carbocycles. The number of aromatic nitrogens is 6. The lowest BCUT2D eigenvalue weighted by Crippen LogP contribution is -2.15. The Morgan fingerprint density at radius 3 is 2.62 bits per heavy atom. The summed E-state index contributed by atoms with van der Waals surface area (Å²) in [5.41, 5.74) is 3.59. The van der Waals surface area contributed by atoms with E-state index in [-0.39, 0.29) is 6.04 Å². The van der Waals surface area contributed by atoms with Crippen molar-refractivity contribution in [2.75, 3.05) is 5.32 Å². The molecule has 2 N–H and O–H groups in total. The molecule has 0 radical (unpaired) electrons. The van der Waals surface area contributed by atoms with Gasteiger partial charge in [0.1, 0.15) is 29.3 Å². The van der Waals surface area contributed by atoms with Crippen molar-refractivity contribution in [2.45, 2.75) is 26.3 Å². The zero-order valence-corrected chi connectivity index (χ0v) is 18.0. The van der Waals surface area contributed by atoms with E-state index in [1.807, 2.05) is 24.3 Å². The second-order valence-corrected chi connectivity index (χ2v) is 7.82. The van der Waals surface area contributed by atoms with Crippen molar-refractivity contribution in [3.05, 3.63) is 71.2 Å². The molecule has 0 saturated carbocycles. The maximum atomic E-state index is 14.2. The van der Waals surface area contributed by atoms with Gasteiger partial charge in [0, 0.05) is 17.2 Å².